The normalized spacial score (nSPS) is 10.5. The number of esters is 1. The summed E-state index contributed by atoms with van der Waals surface area (Å²) in [7, 11) is 0. The second-order valence-electron chi connectivity index (χ2n) is 4.99. The fourth-order valence-corrected chi connectivity index (χ4v) is 2.71. The van der Waals surface area contributed by atoms with Gasteiger partial charge in [-0.1, -0.05) is 11.6 Å². The average molecular weight is 396 g/mol. The molecule has 0 atom stereocenters. The monoisotopic (exact) mass is 395 g/mol. The number of nitrogens with zero attached hydrogens (tertiary/aromatic N) is 4. The van der Waals surface area contributed by atoms with Crippen molar-refractivity contribution in [1.82, 2.24) is 20.2 Å². The van der Waals surface area contributed by atoms with Crippen LogP contribution >= 0.6 is 22.9 Å². The van der Waals surface area contributed by atoms with Gasteiger partial charge in [0.1, 0.15) is 5.82 Å². The molecule has 0 unspecified atom stereocenters. The zero-order chi connectivity index (χ0) is 18.5. The molecule has 3 aromatic rings. The van der Waals surface area contributed by atoms with Crippen molar-refractivity contribution in [3.63, 3.8) is 0 Å². The molecule has 11 heteroatoms. The molecule has 2 aromatic heterocycles. The Kier molecular flexibility index (Phi) is 5.54. The molecule has 1 aromatic carbocycles. The Bertz CT molecular complexity index is 931. The van der Waals surface area contributed by atoms with Crippen molar-refractivity contribution < 1.29 is 18.7 Å². The van der Waals surface area contributed by atoms with Gasteiger partial charge < -0.3 is 10.1 Å². The van der Waals surface area contributed by atoms with Crippen LogP contribution in [-0.4, -0.2) is 38.7 Å². The predicted octanol–water partition coefficient (Wildman–Crippen LogP) is 2.38. The maximum Gasteiger partial charge on any atom is 0.330 e. The van der Waals surface area contributed by atoms with E-state index in [1.165, 1.54) is 23.5 Å². The third-order valence-corrected chi connectivity index (χ3v) is 3.99. The smallest absolute Gasteiger partial charge is 0.330 e. The Hall–Kier alpha value is -2.85. The number of rotatable bonds is 6. The van der Waals surface area contributed by atoms with Gasteiger partial charge in [-0.05, 0) is 34.9 Å². The van der Waals surface area contributed by atoms with E-state index in [2.05, 4.69) is 20.7 Å². The van der Waals surface area contributed by atoms with E-state index in [0.29, 0.717) is 5.82 Å². The van der Waals surface area contributed by atoms with Crippen molar-refractivity contribution in [1.29, 1.82) is 0 Å². The summed E-state index contributed by atoms with van der Waals surface area (Å²) >= 11 is 7.22. The molecule has 0 radical (unpaired) electrons. The van der Waals surface area contributed by atoms with Crippen LogP contribution in [0.1, 0.15) is 0 Å². The summed E-state index contributed by atoms with van der Waals surface area (Å²) in [5.74, 6) is -1.71. The third-order valence-electron chi connectivity index (χ3n) is 3.07. The van der Waals surface area contributed by atoms with Crippen LogP contribution in [0.15, 0.2) is 35.0 Å². The first-order chi connectivity index (χ1) is 12.5. The van der Waals surface area contributed by atoms with Crippen molar-refractivity contribution >= 4 is 40.5 Å². The molecular formula is C15H11ClFN5O3S. The second-order valence-corrected chi connectivity index (χ2v) is 6.20. The molecule has 0 fully saturated rings. The molecule has 1 amide bonds. The molecule has 134 valence electrons. The highest BCUT2D eigenvalue weighted by Gasteiger charge is 2.13. The summed E-state index contributed by atoms with van der Waals surface area (Å²) in [4.78, 5) is 24.6. The van der Waals surface area contributed by atoms with Gasteiger partial charge in [0.2, 0.25) is 5.82 Å². The highest BCUT2D eigenvalue weighted by molar-refractivity contribution is 7.08. The van der Waals surface area contributed by atoms with Crippen LogP contribution in [-0.2, 0) is 20.9 Å². The van der Waals surface area contributed by atoms with Crippen molar-refractivity contribution in [3.8, 4) is 11.4 Å². The molecule has 0 saturated heterocycles. The Morgan fingerprint density at radius 1 is 1.35 bits per heavy atom. The lowest BCUT2D eigenvalue weighted by Crippen LogP contribution is -2.24. The number of hydrogen-bond donors (Lipinski definition) is 1. The van der Waals surface area contributed by atoms with E-state index < -0.39 is 24.3 Å². The minimum Gasteiger partial charge on any atom is -0.454 e. The number of thiophene rings is 1. The van der Waals surface area contributed by atoms with Crippen LogP contribution in [0.2, 0.25) is 5.02 Å². The first-order valence-corrected chi connectivity index (χ1v) is 8.54. The van der Waals surface area contributed by atoms with Gasteiger partial charge in [0.15, 0.2) is 13.2 Å². The Morgan fingerprint density at radius 2 is 2.19 bits per heavy atom. The van der Waals surface area contributed by atoms with E-state index in [-0.39, 0.29) is 17.3 Å². The second kappa shape index (κ2) is 8.02. The van der Waals surface area contributed by atoms with Crippen LogP contribution in [0, 0.1) is 5.82 Å². The van der Waals surface area contributed by atoms with Gasteiger partial charge in [0.05, 0.1) is 5.69 Å². The molecule has 2 heterocycles. The van der Waals surface area contributed by atoms with Crippen molar-refractivity contribution in [3.05, 3.63) is 45.9 Å². The van der Waals surface area contributed by atoms with Crippen molar-refractivity contribution in [2.75, 3.05) is 11.9 Å². The van der Waals surface area contributed by atoms with Crippen molar-refractivity contribution in [2.24, 2.45) is 0 Å². The van der Waals surface area contributed by atoms with E-state index in [1.54, 1.807) is 0 Å². The SMILES string of the molecule is O=C(COC(=O)Cn1nnc(-c2ccsc2)n1)Nc1cc(Cl)ccc1F. The predicted molar refractivity (Wildman–Crippen MR) is 92.1 cm³/mol. The third kappa shape index (κ3) is 4.61. The largest absolute Gasteiger partial charge is 0.454 e. The van der Waals surface area contributed by atoms with Crippen LogP contribution in [0.5, 0.6) is 0 Å². The molecule has 0 aliphatic carbocycles. The maximum atomic E-state index is 13.5. The van der Waals surface area contributed by atoms with Gasteiger partial charge in [-0.15, -0.1) is 10.2 Å². The first-order valence-electron chi connectivity index (χ1n) is 7.22. The van der Waals surface area contributed by atoms with Gasteiger partial charge in [0.25, 0.3) is 5.91 Å². The number of tetrazole rings is 1. The molecule has 0 bridgehead atoms. The quantitative estimate of drug-likeness (QED) is 0.643. The molecule has 0 aliphatic rings. The molecule has 0 saturated carbocycles. The van der Waals surface area contributed by atoms with E-state index in [1.807, 2.05) is 16.8 Å². The number of hydrogen-bond acceptors (Lipinski definition) is 7. The lowest BCUT2D eigenvalue weighted by Gasteiger charge is -2.07. The zero-order valence-electron chi connectivity index (χ0n) is 13.1. The highest BCUT2D eigenvalue weighted by Crippen LogP contribution is 2.19. The number of halogens is 2. The Balaban J connectivity index is 1.49. The summed E-state index contributed by atoms with van der Waals surface area (Å²) in [6.07, 6.45) is 0. The fourth-order valence-electron chi connectivity index (χ4n) is 1.90. The molecule has 26 heavy (non-hydrogen) atoms. The summed E-state index contributed by atoms with van der Waals surface area (Å²) in [6.45, 7) is -0.896. The lowest BCUT2D eigenvalue weighted by molar-refractivity contribution is -0.148. The number of benzene rings is 1. The summed E-state index contributed by atoms with van der Waals surface area (Å²) in [5, 5.41) is 17.9. The van der Waals surface area contributed by atoms with Gasteiger partial charge >= 0.3 is 5.97 Å². The summed E-state index contributed by atoms with van der Waals surface area (Å²) < 4.78 is 18.3. The zero-order valence-corrected chi connectivity index (χ0v) is 14.6. The number of aromatic nitrogens is 4. The van der Waals surface area contributed by atoms with Gasteiger partial charge in [-0.3, -0.25) is 4.79 Å². The van der Waals surface area contributed by atoms with Crippen LogP contribution in [0.25, 0.3) is 11.4 Å². The van der Waals surface area contributed by atoms with Crippen LogP contribution < -0.4 is 5.32 Å². The maximum absolute atomic E-state index is 13.5. The molecule has 8 nitrogen and oxygen atoms in total. The fraction of sp³-hybridized carbons (Fsp3) is 0.133. The molecule has 3 rings (SSSR count). The highest BCUT2D eigenvalue weighted by atomic mass is 35.5. The number of carbonyl (C=O) groups is 2. The van der Waals surface area contributed by atoms with Gasteiger partial charge in [-0.25, -0.2) is 9.18 Å². The van der Waals surface area contributed by atoms with E-state index in [0.717, 1.165) is 16.4 Å². The van der Waals surface area contributed by atoms with Crippen molar-refractivity contribution in [2.45, 2.75) is 6.54 Å². The Labute approximate surface area is 155 Å². The first kappa shape index (κ1) is 18.0. The van der Waals surface area contributed by atoms with Gasteiger partial charge in [-0.2, -0.15) is 16.1 Å². The Morgan fingerprint density at radius 3 is 2.96 bits per heavy atom. The molecule has 1 N–H and O–H groups in total. The average Bonchev–Trinajstić information content (AvgIpc) is 3.28. The minimum absolute atomic E-state index is 0.100. The van der Waals surface area contributed by atoms with E-state index in [4.69, 9.17) is 16.3 Å². The van der Waals surface area contributed by atoms with Gasteiger partial charge in [0, 0.05) is 16.0 Å². The number of ether oxygens (including phenoxy) is 1. The molecular weight excluding hydrogens is 385 g/mol. The standard InChI is InChI=1S/C15H11ClFN5O3S/c16-10-1-2-11(17)12(5-10)18-13(23)7-25-14(24)6-22-20-15(19-21-22)9-3-4-26-8-9/h1-5,8H,6-7H2,(H,18,23). The van der Waals surface area contributed by atoms with E-state index >= 15 is 0 Å². The molecule has 0 aliphatic heterocycles. The summed E-state index contributed by atoms with van der Waals surface area (Å²) in [6, 6.07) is 5.54. The number of carbonyl (C=O) groups excluding carboxylic acids is 2. The molecule has 0 spiro atoms. The minimum atomic E-state index is -0.735. The topological polar surface area (TPSA) is 99.0 Å². The van der Waals surface area contributed by atoms with E-state index in [9.17, 15) is 14.0 Å². The van der Waals surface area contributed by atoms with Crippen LogP contribution in [0.4, 0.5) is 10.1 Å². The number of anilines is 1. The lowest BCUT2D eigenvalue weighted by atomic mass is 10.3. The number of nitrogens with one attached hydrogen (secondary N) is 1. The van der Waals surface area contributed by atoms with Crippen LogP contribution in [0.3, 0.4) is 0 Å². The number of amides is 1. The summed E-state index contributed by atoms with van der Waals surface area (Å²) in [5.41, 5.74) is 0.689.